The maximum absolute atomic E-state index is 13.3. The fourth-order valence-electron chi connectivity index (χ4n) is 3.96. The molecule has 0 radical (unpaired) electrons. The van der Waals surface area contributed by atoms with Crippen LogP contribution in [0.4, 0.5) is 0 Å². The van der Waals surface area contributed by atoms with Gasteiger partial charge < -0.3 is 18.9 Å². The van der Waals surface area contributed by atoms with Crippen LogP contribution >= 0.6 is 0 Å². The fraction of sp³-hybridized carbons (Fsp3) is 0.206. The fourth-order valence-corrected chi connectivity index (χ4v) is 3.96. The van der Waals surface area contributed by atoms with E-state index in [2.05, 4.69) is 0 Å². The summed E-state index contributed by atoms with van der Waals surface area (Å²) >= 11 is 0. The first-order valence-corrected chi connectivity index (χ1v) is 13.0. The molecule has 0 fully saturated rings. The minimum absolute atomic E-state index is 0.187. The number of hydrogen-bond donors (Lipinski definition) is 0. The van der Waals surface area contributed by atoms with E-state index in [4.69, 9.17) is 18.9 Å². The third-order valence-electron chi connectivity index (χ3n) is 5.93. The number of carbonyl (C=O) groups excluding carboxylic acids is 1. The summed E-state index contributed by atoms with van der Waals surface area (Å²) in [6.45, 7) is 6.67. The van der Waals surface area contributed by atoms with Gasteiger partial charge in [-0.3, -0.25) is 4.79 Å². The Morgan fingerprint density at radius 1 is 0.718 bits per heavy atom. The van der Waals surface area contributed by atoms with Gasteiger partial charge in [0.25, 0.3) is 0 Å². The predicted molar refractivity (Wildman–Crippen MR) is 157 cm³/mol. The van der Waals surface area contributed by atoms with Crippen LogP contribution in [0.25, 0.3) is 6.08 Å². The zero-order chi connectivity index (χ0) is 28.0. The Kier molecular flexibility index (Phi) is 11.2. The number of carbonyl (C=O) groups is 1. The van der Waals surface area contributed by atoms with Gasteiger partial charge in [-0.25, -0.2) is 0 Å². The molecule has 0 bridgehead atoms. The summed E-state index contributed by atoms with van der Waals surface area (Å²) in [6, 6.07) is 28.8. The van der Waals surface area contributed by atoms with Crippen LogP contribution in [-0.2, 0) is 13.2 Å². The number of ketones is 1. The van der Waals surface area contributed by atoms with Crippen molar-refractivity contribution in [2.45, 2.75) is 34.0 Å². The summed E-state index contributed by atoms with van der Waals surface area (Å²) < 4.78 is 23.0. The average Bonchev–Trinajstić information content (AvgIpc) is 3.00. The van der Waals surface area contributed by atoms with Crippen LogP contribution < -0.4 is 18.9 Å². The van der Waals surface area contributed by atoms with Crippen molar-refractivity contribution in [2.75, 3.05) is 14.2 Å². The number of methoxy groups -OCH3 is 2. The molecule has 0 aliphatic heterocycles. The lowest BCUT2D eigenvalue weighted by Crippen LogP contribution is -2.04. The summed E-state index contributed by atoms with van der Waals surface area (Å²) in [4.78, 5) is 13.3. The van der Waals surface area contributed by atoms with Crippen molar-refractivity contribution in [3.63, 3.8) is 0 Å². The Hall–Kier alpha value is -4.51. The second kappa shape index (κ2) is 15.0. The van der Waals surface area contributed by atoms with Crippen LogP contribution in [0.2, 0.25) is 0 Å². The smallest absolute Gasteiger partial charge is 0.189 e. The van der Waals surface area contributed by atoms with Crippen molar-refractivity contribution in [1.82, 2.24) is 0 Å². The SMILES string of the molecule is CC.COc1ccc(/C=C/C(=O)c2ccc(OCc3ccccc3)cc2OCc2ccccc2)c(OC)c1C. The first-order valence-electron chi connectivity index (χ1n) is 13.0. The lowest BCUT2D eigenvalue weighted by atomic mass is 10.0. The topological polar surface area (TPSA) is 54.0 Å². The van der Waals surface area contributed by atoms with Crippen molar-refractivity contribution in [3.05, 3.63) is 125 Å². The lowest BCUT2D eigenvalue weighted by molar-refractivity contribution is 0.104. The standard InChI is InChI=1S/C32H30O5.C2H6/c1-23-30(34-2)19-15-26(32(23)35-3)14-18-29(33)28-17-16-27(36-21-24-10-6-4-7-11-24)20-31(28)37-22-25-12-8-5-9-13-25;1-2/h4-20H,21-22H2,1-3H3;1-2H3/b18-14+;. The van der Waals surface area contributed by atoms with E-state index in [9.17, 15) is 4.79 Å². The van der Waals surface area contributed by atoms with Gasteiger partial charge in [0.1, 0.15) is 36.2 Å². The highest BCUT2D eigenvalue weighted by Crippen LogP contribution is 2.33. The van der Waals surface area contributed by atoms with E-state index in [1.165, 1.54) is 6.08 Å². The first kappa shape index (κ1) is 29.1. The van der Waals surface area contributed by atoms with Crippen molar-refractivity contribution in [1.29, 1.82) is 0 Å². The van der Waals surface area contributed by atoms with E-state index < -0.39 is 0 Å². The molecular weight excluding hydrogens is 488 g/mol. The van der Waals surface area contributed by atoms with Gasteiger partial charge in [0.15, 0.2) is 5.78 Å². The molecule has 4 aromatic rings. The van der Waals surface area contributed by atoms with E-state index in [0.717, 1.165) is 28.0 Å². The Labute approximate surface area is 231 Å². The molecular formula is C34H36O5. The maximum Gasteiger partial charge on any atom is 0.189 e. The second-order valence-corrected chi connectivity index (χ2v) is 8.42. The van der Waals surface area contributed by atoms with Gasteiger partial charge in [0, 0.05) is 17.2 Å². The Balaban J connectivity index is 0.00000205. The second-order valence-electron chi connectivity index (χ2n) is 8.42. The Bertz CT molecular complexity index is 1360. The average molecular weight is 525 g/mol. The summed E-state index contributed by atoms with van der Waals surface area (Å²) in [5.74, 6) is 2.28. The summed E-state index contributed by atoms with van der Waals surface area (Å²) in [6.07, 6.45) is 3.27. The van der Waals surface area contributed by atoms with Crippen LogP contribution in [0.15, 0.2) is 97.1 Å². The van der Waals surface area contributed by atoms with Crippen molar-refractivity contribution < 1.29 is 23.7 Å². The largest absolute Gasteiger partial charge is 0.496 e. The molecule has 0 aliphatic rings. The molecule has 5 heteroatoms. The number of benzene rings is 4. The maximum atomic E-state index is 13.3. The van der Waals surface area contributed by atoms with Crippen LogP contribution in [0, 0.1) is 6.92 Å². The minimum atomic E-state index is -0.187. The van der Waals surface area contributed by atoms with E-state index in [0.29, 0.717) is 36.0 Å². The Morgan fingerprint density at radius 3 is 1.92 bits per heavy atom. The van der Waals surface area contributed by atoms with Gasteiger partial charge in [-0.15, -0.1) is 0 Å². The molecule has 0 spiro atoms. The molecule has 0 aromatic heterocycles. The molecule has 5 nitrogen and oxygen atoms in total. The number of ether oxygens (including phenoxy) is 4. The van der Waals surface area contributed by atoms with Crippen molar-refractivity contribution >= 4 is 11.9 Å². The molecule has 0 unspecified atom stereocenters. The van der Waals surface area contributed by atoms with Crippen LogP contribution in [0.5, 0.6) is 23.0 Å². The van der Waals surface area contributed by atoms with Crippen LogP contribution in [0.3, 0.4) is 0 Å². The molecule has 0 amide bonds. The quantitative estimate of drug-likeness (QED) is 0.147. The first-order chi connectivity index (χ1) is 19.1. The molecule has 0 aliphatic carbocycles. The molecule has 0 atom stereocenters. The summed E-state index contributed by atoms with van der Waals surface area (Å²) in [5.41, 5.74) is 4.16. The highest BCUT2D eigenvalue weighted by atomic mass is 16.5. The highest BCUT2D eigenvalue weighted by molar-refractivity contribution is 6.09. The van der Waals surface area contributed by atoms with Gasteiger partial charge >= 0.3 is 0 Å². The van der Waals surface area contributed by atoms with Gasteiger partial charge in [-0.2, -0.15) is 0 Å². The zero-order valence-electron chi connectivity index (χ0n) is 23.3. The summed E-state index contributed by atoms with van der Waals surface area (Å²) in [7, 11) is 3.22. The number of rotatable bonds is 11. The van der Waals surface area contributed by atoms with Crippen LogP contribution in [0.1, 0.15) is 46.5 Å². The minimum Gasteiger partial charge on any atom is -0.496 e. The van der Waals surface area contributed by atoms with Crippen molar-refractivity contribution in [2.24, 2.45) is 0 Å². The zero-order valence-corrected chi connectivity index (χ0v) is 23.3. The lowest BCUT2D eigenvalue weighted by Gasteiger charge is -2.14. The molecule has 39 heavy (non-hydrogen) atoms. The Morgan fingerprint density at radius 2 is 1.33 bits per heavy atom. The van der Waals surface area contributed by atoms with E-state index in [1.807, 2.05) is 93.6 Å². The molecule has 0 saturated carbocycles. The molecule has 0 N–H and O–H groups in total. The van der Waals surface area contributed by atoms with E-state index in [-0.39, 0.29) is 5.78 Å². The number of hydrogen-bond acceptors (Lipinski definition) is 5. The molecule has 4 aromatic carbocycles. The van der Waals surface area contributed by atoms with E-state index >= 15 is 0 Å². The summed E-state index contributed by atoms with van der Waals surface area (Å²) in [5, 5.41) is 0. The van der Waals surface area contributed by atoms with Crippen LogP contribution in [-0.4, -0.2) is 20.0 Å². The normalized spacial score (nSPS) is 10.4. The number of allylic oxidation sites excluding steroid dienone is 1. The molecule has 0 saturated heterocycles. The monoisotopic (exact) mass is 524 g/mol. The van der Waals surface area contributed by atoms with Gasteiger partial charge in [0.2, 0.25) is 0 Å². The predicted octanol–water partition coefficient (Wildman–Crippen LogP) is 8.09. The molecule has 202 valence electrons. The third kappa shape index (κ3) is 7.99. The molecule has 0 heterocycles. The van der Waals surface area contributed by atoms with Gasteiger partial charge in [-0.05, 0) is 54.5 Å². The molecule has 4 rings (SSSR count). The van der Waals surface area contributed by atoms with Gasteiger partial charge in [0.05, 0.1) is 19.8 Å². The third-order valence-corrected chi connectivity index (χ3v) is 5.93. The highest BCUT2D eigenvalue weighted by Gasteiger charge is 2.14. The van der Waals surface area contributed by atoms with Crippen molar-refractivity contribution in [3.8, 4) is 23.0 Å². The van der Waals surface area contributed by atoms with Gasteiger partial charge in [-0.1, -0.05) is 74.5 Å². The van der Waals surface area contributed by atoms with E-state index in [1.54, 1.807) is 38.5 Å².